The quantitative estimate of drug-likeness (QED) is 0.600. The molecule has 0 atom stereocenters. The molecule has 0 unspecified atom stereocenters. The molecule has 0 saturated carbocycles. The van der Waals surface area contributed by atoms with Crippen molar-refractivity contribution in [2.45, 2.75) is 11.8 Å². The third-order valence-electron chi connectivity index (χ3n) is 4.64. The second kappa shape index (κ2) is 8.06. The molecular formula is C21H23NO4S. The van der Waals surface area contributed by atoms with Crippen molar-refractivity contribution in [2.75, 3.05) is 32.6 Å². The number of rotatable bonds is 4. The van der Waals surface area contributed by atoms with E-state index in [9.17, 15) is 13.2 Å². The Morgan fingerprint density at radius 2 is 1.59 bits per heavy atom. The summed E-state index contributed by atoms with van der Waals surface area (Å²) in [5.74, 6) is -0.0632. The molecule has 1 aliphatic heterocycles. The highest BCUT2D eigenvalue weighted by Gasteiger charge is 2.24. The molecule has 2 aromatic carbocycles. The summed E-state index contributed by atoms with van der Waals surface area (Å²) < 4.78 is 29.2. The Morgan fingerprint density at radius 3 is 2.22 bits per heavy atom. The number of carbonyl (C=O) groups is 1. The minimum atomic E-state index is -3.32. The van der Waals surface area contributed by atoms with Gasteiger partial charge >= 0.3 is 0 Å². The second-order valence-corrected chi connectivity index (χ2v) is 8.59. The standard InChI is InChI=1S/C21H23NO4S/c1-16(18-9-6-10-19(15-18)27(2,24)25)20(17-7-4-3-5-8-17)21(23)22-11-13-26-14-12-22/h3-10,15H,11-14H2,1-2H3. The van der Waals surface area contributed by atoms with Gasteiger partial charge in [-0.1, -0.05) is 42.5 Å². The summed E-state index contributed by atoms with van der Waals surface area (Å²) in [6.45, 7) is 4.01. The minimum Gasteiger partial charge on any atom is -0.378 e. The molecule has 0 bridgehead atoms. The van der Waals surface area contributed by atoms with Gasteiger partial charge in [0.2, 0.25) is 0 Å². The van der Waals surface area contributed by atoms with Crippen LogP contribution in [-0.2, 0) is 19.4 Å². The number of carbonyl (C=O) groups excluding carboxylic acids is 1. The van der Waals surface area contributed by atoms with Crippen LogP contribution >= 0.6 is 0 Å². The molecule has 1 aliphatic rings. The van der Waals surface area contributed by atoms with Gasteiger partial charge < -0.3 is 9.64 Å². The van der Waals surface area contributed by atoms with Crippen LogP contribution in [0, 0.1) is 0 Å². The molecule has 5 nitrogen and oxygen atoms in total. The van der Waals surface area contributed by atoms with E-state index < -0.39 is 9.84 Å². The number of hydrogen-bond donors (Lipinski definition) is 0. The van der Waals surface area contributed by atoms with E-state index in [1.54, 1.807) is 23.1 Å². The van der Waals surface area contributed by atoms with Gasteiger partial charge in [-0.3, -0.25) is 4.79 Å². The summed E-state index contributed by atoms with van der Waals surface area (Å²) in [7, 11) is -3.32. The highest BCUT2D eigenvalue weighted by atomic mass is 32.2. The van der Waals surface area contributed by atoms with Crippen LogP contribution in [0.15, 0.2) is 59.5 Å². The summed E-state index contributed by atoms with van der Waals surface area (Å²) >= 11 is 0. The van der Waals surface area contributed by atoms with E-state index in [0.29, 0.717) is 31.9 Å². The first-order valence-electron chi connectivity index (χ1n) is 8.82. The van der Waals surface area contributed by atoms with Crippen molar-refractivity contribution < 1.29 is 17.9 Å². The highest BCUT2D eigenvalue weighted by molar-refractivity contribution is 7.90. The number of hydrogen-bond acceptors (Lipinski definition) is 4. The topological polar surface area (TPSA) is 63.7 Å². The summed E-state index contributed by atoms with van der Waals surface area (Å²) in [6.07, 6.45) is 1.18. The van der Waals surface area contributed by atoms with E-state index in [0.717, 1.165) is 16.7 Å². The Bertz CT molecular complexity index is 959. The van der Waals surface area contributed by atoms with Crippen LogP contribution in [0.1, 0.15) is 18.1 Å². The predicted octanol–water partition coefficient (Wildman–Crippen LogP) is 2.88. The van der Waals surface area contributed by atoms with E-state index in [2.05, 4.69) is 0 Å². The van der Waals surface area contributed by atoms with Gasteiger partial charge in [-0.15, -0.1) is 0 Å². The third-order valence-corrected chi connectivity index (χ3v) is 5.76. The summed E-state index contributed by atoms with van der Waals surface area (Å²) in [5.41, 5.74) is 2.88. The molecule has 1 amide bonds. The van der Waals surface area contributed by atoms with Gasteiger partial charge in [0.15, 0.2) is 9.84 Å². The number of morpholine rings is 1. The molecule has 2 aromatic rings. The predicted molar refractivity (Wildman–Crippen MR) is 106 cm³/mol. The van der Waals surface area contributed by atoms with Gasteiger partial charge in [-0.05, 0) is 35.8 Å². The van der Waals surface area contributed by atoms with Crippen molar-refractivity contribution in [2.24, 2.45) is 0 Å². The first kappa shape index (κ1) is 19.3. The van der Waals surface area contributed by atoms with Crippen molar-refractivity contribution in [1.29, 1.82) is 0 Å². The van der Waals surface area contributed by atoms with Gasteiger partial charge in [0.05, 0.1) is 23.7 Å². The number of allylic oxidation sites excluding steroid dienone is 1. The smallest absolute Gasteiger partial charge is 0.254 e. The van der Waals surface area contributed by atoms with E-state index in [1.165, 1.54) is 6.26 Å². The number of amides is 1. The fraction of sp³-hybridized carbons (Fsp3) is 0.286. The van der Waals surface area contributed by atoms with Crippen molar-refractivity contribution in [3.05, 3.63) is 65.7 Å². The zero-order valence-electron chi connectivity index (χ0n) is 15.5. The zero-order chi connectivity index (χ0) is 19.4. The van der Waals surface area contributed by atoms with E-state index in [4.69, 9.17) is 4.74 Å². The lowest BCUT2D eigenvalue weighted by Gasteiger charge is -2.28. The van der Waals surface area contributed by atoms with Crippen LogP contribution in [0.5, 0.6) is 0 Å². The van der Waals surface area contributed by atoms with E-state index in [-0.39, 0.29) is 10.8 Å². The summed E-state index contributed by atoms with van der Waals surface area (Å²) in [4.78, 5) is 15.3. The maximum atomic E-state index is 13.3. The van der Waals surface area contributed by atoms with Crippen LogP contribution in [0.3, 0.4) is 0 Å². The van der Waals surface area contributed by atoms with Crippen LogP contribution in [0.25, 0.3) is 11.1 Å². The van der Waals surface area contributed by atoms with Crippen LogP contribution in [0.4, 0.5) is 0 Å². The normalized spacial score (nSPS) is 16.0. The molecule has 1 saturated heterocycles. The van der Waals surface area contributed by atoms with Crippen LogP contribution in [-0.4, -0.2) is 51.8 Å². The van der Waals surface area contributed by atoms with Crippen molar-refractivity contribution >= 4 is 26.9 Å². The summed E-state index contributed by atoms with van der Waals surface area (Å²) in [6, 6.07) is 16.2. The van der Waals surface area contributed by atoms with Crippen molar-refractivity contribution in [3.8, 4) is 0 Å². The molecule has 0 spiro atoms. The zero-order valence-corrected chi connectivity index (χ0v) is 16.3. The molecule has 142 valence electrons. The lowest BCUT2D eigenvalue weighted by molar-refractivity contribution is -0.128. The molecule has 0 radical (unpaired) electrons. The Kier molecular flexibility index (Phi) is 5.77. The molecule has 0 N–H and O–H groups in total. The number of ether oxygens (including phenoxy) is 1. The molecule has 0 aromatic heterocycles. The average molecular weight is 385 g/mol. The molecule has 1 heterocycles. The maximum absolute atomic E-state index is 13.3. The Labute approximate surface area is 160 Å². The third kappa shape index (κ3) is 4.46. The first-order valence-corrected chi connectivity index (χ1v) is 10.7. The Balaban J connectivity index is 2.12. The van der Waals surface area contributed by atoms with Gasteiger partial charge in [0.25, 0.3) is 5.91 Å². The molecule has 1 fully saturated rings. The molecule has 3 rings (SSSR count). The molecule has 27 heavy (non-hydrogen) atoms. The number of sulfone groups is 1. The van der Waals surface area contributed by atoms with Gasteiger partial charge in [0, 0.05) is 19.3 Å². The maximum Gasteiger partial charge on any atom is 0.254 e. The number of nitrogens with zero attached hydrogens (tertiary/aromatic N) is 1. The van der Waals surface area contributed by atoms with Gasteiger partial charge in [-0.2, -0.15) is 0 Å². The molecule has 6 heteroatoms. The lowest BCUT2D eigenvalue weighted by Crippen LogP contribution is -2.41. The number of benzene rings is 2. The average Bonchev–Trinajstić information content (AvgIpc) is 2.69. The van der Waals surface area contributed by atoms with Gasteiger partial charge in [-0.25, -0.2) is 8.42 Å². The lowest BCUT2D eigenvalue weighted by atomic mass is 9.94. The second-order valence-electron chi connectivity index (χ2n) is 6.57. The van der Waals surface area contributed by atoms with Crippen LogP contribution in [0.2, 0.25) is 0 Å². The van der Waals surface area contributed by atoms with Gasteiger partial charge in [0.1, 0.15) is 0 Å². The fourth-order valence-corrected chi connectivity index (χ4v) is 3.80. The largest absolute Gasteiger partial charge is 0.378 e. The highest BCUT2D eigenvalue weighted by Crippen LogP contribution is 2.29. The minimum absolute atomic E-state index is 0.0632. The van der Waals surface area contributed by atoms with Crippen LogP contribution < -0.4 is 0 Å². The van der Waals surface area contributed by atoms with Crippen molar-refractivity contribution in [3.63, 3.8) is 0 Å². The SMILES string of the molecule is CC(=C(C(=O)N1CCOCC1)c1ccccc1)c1cccc(S(C)(=O)=O)c1. The van der Waals surface area contributed by atoms with E-state index in [1.807, 2.05) is 43.3 Å². The summed E-state index contributed by atoms with van der Waals surface area (Å²) in [5, 5.41) is 0. The molecule has 0 aliphatic carbocycles. The van der Waals surface area contributed by atoms with Crippen molar-refractivity contribution in [1.82, 2.24) is 4.90 Å². The molecular weight excluding hydrogens is 362 g/mol. The first-order chi connectivity index (χ1) is 12.9. The fourth-order valence-electron chi connectivity index (χ4n) is 3.13. The Hall–Kier alpha value is -2.44. The Morgan fingerprint density at radius 1 is 0.963 bits per heavy atom. The monoisotopic (exact) mass is 385 g/mol. The van der Waals surface area contributed by atoms with E-state index >= 15 is 0 Å².